The molecule has 0 fully saturated rings. The monoisotopic (exact) mass is 400 g/mol. The molecular weight excluding hydrogens is 374 g/mol. The van der Waals surface area contributed by atoms with Crippen molar-refractivity contribution < 1.29 is 6.85 Å². The van der Waals surface area contributed by atoms with Crippen molar-refractivity contribution in [1.29, 1.82) is 0 Å². The van der Waals surface area contributed by atoms with Gasteiger partial charge in [0.15, 0.2) is 11.6 Å². The predicted molar refractivity (Wildman–Crippen MR) is 122 cm³/mol. The van der Waals surface area contributed by atoms with Gasteiger partial charge in [-0.25, -0.2) is 15.0 Å². The van der Waals surface area contributed by atoms with E-state index >= 15 is 0 Å². The van der Waals surface area contributed by atoms with Crippen molar-refractivity contribution in [2.24, 2.45) is 0 Å². The molecule has 142 valence electrons. The highest BCUT2D eigenvalue weighted by Crippen LogP contribution is 2.39. The van der Waals surface area contributed by atoms with Crippen molar-refractivity contribution >= 4 is 31.5 Å². The molecule has 4 heteroatoms. The second-order valence-electron chi connectivity index (χ2n) is 7.84. The number of hydrogen-bond donors (Lipinski definition) is 0. The normalized spacial score (nSPS) is 14.4. The van der Waals surface area contributed by atoms with Crippen LogP contribution in [0.2, 0.25) is 0 Å². The lowest BCUT2D eigenvalue weighted by Gasteiger charge is -2.18. The number of rotatable bonds is 2. The molecule has 0 spiro atoms. The third-order valence-electron chi connectivity index (χ3n) is 4.68. The quantitative estimate of drug-likeness (QED) is 0.324. The first-order valence-electron chi connectivity index (χ1n) is 11.8. The highest BCUT2D eigenvalue weighted by atomic mass is 32.1. The van der Waals surface area contributed by atoms with E-state index in [-0.39, 0.29) is 23.5 Å². The minimum atomic E-state index is -0.451. The van der Waals surface area contributed by atoms with Gasteiger partial charge in [-0.1, -0.05) is 81.3 Å². The first kappa shape index (κ1) is 13.2. The van der Waals surface area contributed by atoms with Crippen LogP contribution >= 0.6 is 11.3 Å². The van der Waals surface area contributed by atoms with Crippen molar-refractivity contribution in [2.75, 3.05) is 0 Å². The van der Waals surface area contributed by atoms with Gasteiger partial charge in [0, 0.05) is 36.7 Å². The van der Waals surface area contributed by atoms with Crippen molar-refractivity contribution in [3.8, 4) is 22.8 Å². The average molecular weight is 401 g/mol. The predicted octanol–water partition coefficient (Wildman–Crippen LogP) is 6.87. The minimum absolute atomic E-state index is 0.0244. The fourth-order valence-corrected chi connectivity index (χ4v) is 4.44. The van der Waals surface area contributed by atoms with Crippen molar-refractivity contribution in [1.82, 2.24) is 15.0 Å². The third kappa shape index (κ3) is 3.19. The topological polar surface area (TPSA) is 38.7 Å². The van der Waals surface area contributed by atoms with Crippen LogP contribution in [-0.2, 0) is 5.41 Å². The SMILES string of the molecule is [2H]c1c([2H])c([2H])c(-c2nc(-c3cccc4c3sc3ccccc34)nc(C(C)(C)C)n2)c([2H])c1[2H]. The van der Waals surface area contributed by atoms with Gasteiger partial charge in [-0.2, -0.15) is 0 Å². The maximum Gasteiger partial charge on any atom is 0.165 e. The molecule has 0 aliphatic rings. The van der Waals surface area contributed by atoms with Crippen molar-refractivity contribution in [3.05, 3.63) is 78.5 Å². The Morgan fingerprint density at radius 3 is 2.31 bits per heavy atom. The maximum absolute atomic E-state index is 8.41. The Morgan fingerprint density at radius 1 is 0.793 bits per heavy atom. The van der Waals surface area contributed by atoms with Crippen molar-refractivity contribution in [3.63, 3.8) is 0 Å². The molecule has 0 saturated heterocycles. The second kappa shape index (κ2) is 6.75. The molecule has 2 aromatic heterocycles. The van der Waals surface area contributed by atoms with Gasteiger partial charge in [0.25, 0.3) is 0 Å². The fourth-order valence-electron chi connectivity index (χ4n) is 3.23. The number of thiophene rings is 1. The lowest BCUT2D eigenvalue weighted by atomic mass is 9.95. The zero-order chi connectivity index (χ0) is 24.4. The summed E-state index contributed by atoms with van der Waals surface area (Å²) < 4.78 is 43.1. The van der Waals surface area contributed by atoms with E-state index in [0.29, 0.717) is 11.6 Å². The second-order valence-corrected chi connectivity index (χ2v) is 8.89. The first-order valence-corrected chi connectivity index (χ1v) is 10.1. The largest absolute Gasteiger partial charge is 0.212 e. The molecule has 2 heterocycles. The first-order chi connectivity index (χ1) is 16.1. The Balaban J connectivity index is 1.85. The molecule has 0 saturated carbocycles. The Morgan fingerprint density at radius 2 is 1.52 bits per heavy atom. The molecule has 3 nitrogen and oxygen atoms in total. The van der Waals surface area contributed by atoms with E-state index in [2.05, 4.69) is 28.2 Å². The smallest absolute Gasteiger partial charge is 0.165 e. The van der Waals surface area contributed by atoms with Gasteiger partial charge in [-0.15, -0.1) is 11.3 Å². The Hall–Kier alpha value is -3.11. The summed E-state index contributed by atoms with van der Waals surface area (Å²) in [6.07, 6.45) is 0. The number of fused-ring (bicyclic) bond motifs is 3. The summed E-state index contributed by atoms with van der Waals surface area (Å²) in [5.41, 5.74) is 0.345. The van der Waals surface area contributed by atoms with E-state index in [1.807, 2.05) is 45.0 Å². The summed E-state index contributed by atoms with van der Waals surface area (Å²) in [6, 6.07) is 12.2. The molecule has 0 aliphatic heterocycles. The van der Waals surface area contributed by atoms with Crippen LogP contribution in [0.5, 0.6) is 0 Å². The van der Waals surface area contributed by atoms with E-state index in [1.54, 1.807) is 11.3 Å². The fraction of sp³-hybridized carbons (Fsp3) is 0.160. The van der Waals surface area contributed by atoms with E-state index in [1.165, 1.54) is 0 Å². The van der Waals surface area contributed by atoms with Crippen LogP contribution < -0.4 is 0 Å². The standard InChI is InChI=1S/C25H21N3S/c1-25(2,3)24-27-22(16-10-5-4-6-11-16)26-23(28-24)19-14-9-13-18-17-12-7-8-15-20(17)29-21(18)19/h4-15H,1-3H3/i4D,5D,6D,10D,11D. The van der Waals surface area contributed by atoms with Gasteiger partial charge >= 0.3 is 0 Å². The summed E-state index contributed by atoms with van der Waals surface area (Å²) in [5, 5.41) is 2.25. The van der Waals surface area contributed by atoms with Gasteiger partial charge < -0.3 is 0 Å². The van der Waals surface area contributed by atoms with E-state index in [4.69, 9.17) is 11.8 Å². The molecule has 0 N–H and O–H groups in total. The van der Waals surface area contributed by atoms with Gasteiger partial charge in [0.2, 0.25) is 0 Å². The zero-order valence-electron chi connectivity index (χ0n) is 21.3. The number of nitrogens with zero attached hydrogens (tertiary/aromatic N) is 3. The minimum Gasteiger partial charge on any atom is -0.212 e. The summed E-state index contributed by atoms with van der Waals surface area (Å²) in [5.74, 6) is 0.973. The molecule has 0 unspecified atom stereocenters. The highest BCUT2D eigenvalue weighted by molar-refractivity contribution is 7.26. The molecule has 0 radical (unpaired) electrons. The zero-order valence-corrected chi connectivity index (χ0v) is 17.1. The lowest BCUT2D eigenvalue weighted by molar-refractivity contribution is 0.543. The molecule has 5 rings (SSSR count). The molecule has 0 aliphatic carbocycles. The number of aromatic nitrogens is 3. The molecular formula is C25H21N3S. The van der Waals surface area contributed by atoms with Crippen LogP contribution in [0.25, 0.3) is 42.9 Å². The van der Waals surface area contributed by atoms with Crippen LogP contribution in [0.15, 0.2) is 72.7 Å². The Bertz CT molecular complexity index is 1580. The molecule has 5 aromatic rings. The Labute approximate surface area is 181 Å². The molecule has 29 heavy (non-hydrogen) atoms. The van der Waals surface area contributed by atoms with E-state index in [9.17, 15) is 0 Å². The van der Waals surface area contributed by atoms with Crippen LogP contribution in [-0.4, -0.2) is 15.0 Å². The van der Waals surface area contributed by atoms with Crippen LogP contribution in [0.1, 0.15) is 33.4 Å². The van der Waals surface area contributed by atoms with Gasteiger partial charge in [0.05, 0.1) is 6.85 Å². The molecule has 0 amide bonds. The van der Waals surface area contributed by atoms with Crippen LogP contribution in [0.3, 0.4) is 0 Å². The molecule has 0 atom stereocenters. The van der Waals surface area contributed by atoms with Gasteiger partial charge in [-0.3, -0.25) is 0 Å². The lowest BCUT2D eigenvalue weighted by Crippen LogP contribution is -2.18. The van der Waals surface area contributed by atoms with E-state index < -0.39 is 23.5 Å². The van der Waals surface area contributed by atoms with Crippen LogP contribution in [0, 0.1) is 0 Å². The highest BCUT2D eigenvalue weighted by Gasteiger charge is 2.22. The van der Waals surface area contributed by atoms with Crippen molar-refractivity contribution in [2.45, 2.75) is 26.2 Å². The molecule has 3 aromatic carbocycles. The summed E-state index contributed by atoms with van der Waals surface area (Å²) >= 11 is 1.65. The third-order valence-corrected chi connectivity index (χ3v) is 5.89. The molecule has 0 bridgehead atoms. The number of benzene rings is 3. The van der Waals surface area contributed by atoms with Gasteiger partial charge in [0.1, 0.15) is 5.82 Å². The van der Waals surface area contributed by atoms with E-state index in [0.717, 1.165) is 25.7 Å². The summed E-state index contributed by atoms with van der Waals surface area (Å²) in [6.45, 7) is 5.91. The average Bonchev–Trinajstić information content (AvgIpc) is 3.20. The Kier molecular flexibility index (Phi) is 3.06. The summed E-state index contributed by atoms with van der Waals surface area (Å²) in [4.78, 5) is 14.0. The number of hydrogen-bond acceptors (Lipinski definition) is 4. The summed E-state index contributed by atoms with van der Waals surface area (Å²) in [7, 11) is 0. The maximum atomic E-state index is 8.41. The van der Waals surface area contributed by atoms with Crippen LogP contribution in [0.4, 0.5) is 0 Å². The van der Waals surface area contributed by atoms with Gasteiger partial charge in [-0.05, 0) is 12.1 Å².